The van der Waals surface area contributed by atoms with E-state index in [-0.39, 0.29) is 0 Å². The van der Waals surface area contributed by atoms with Crippen LogP contribution in [0.5, 0.6) is 0 Å². The molecule has 0 saturated carbocycles. The van der Waals surface area contributed by atoms with Crippen molar-refractivity contribution < 1.29 is 44.4 Å². The van der Waals surface area contributed by atoms with Crippen LogP contribution in [0.3, 0.4) is 0 Å². The molecule has 0 radical (unpaired) electrons. The zero-order valence-corrected chi connectivity index (χ0v) is 13.8. The standard InChI is InChI=1S/C13H22N4O9/c1-5(19)10(13(25)26)17-8(20)3-15-12(24)7(4-18)16-11(23)6(14)2-9(21)22/h5-7,10,18-19H,2-4,14H2,1H3,(H,15,24)(H,16,23)(H,17,20)(H,21,22)(H,25,26). The Labute approximate surface area is 147 Å². The van der Waals surface area contributed by atoms with E-state index in [4.69, 9.17) is 21.1 Å². The molecule has 0 spiro atoms. The number of nitrogens with one attached hydrogen (secondary N) is 3. The Morgan fingerprint density at radius 1 is 1.04 bits per heavy atom. The molecule has 9 N–H and O–H groups in total. The Hall–Kier alpha value is -2.77. The maximum Gasteiger partial charge on any atom is 0.328 e. The van der Waals surface area contributed by atoms with Crippen LogP contribution in [0.15, 0.2) is 0 Å². The van der Waals surface area contributed by atoms with Gasteiger partial charge in [0.25, 0.3) is 0 Å². The molecule has 4 atom stereocenters. The van der Waals surface area contributed by atoms with Crippen LogP contribution in [0.2, 0.25) is 0 Å². The van der Waals surface area contributed by atoms with Gasteiger partial charge in [0.2, 0.25) is 17.7 Å². The summed E-state index contributed by atoms with van der Waals surface area (Å²) in [7, 11) is 0. The van der Waals surface area contributed by atoms with Gasteiger partial charge in [0.1, 0.15) is 6.04 Å². The number of hydrogen-bond acceptors (Lipinski definition) is 8. The molecule has 0 fully saturated rings. The van der Waals surface area contributed by atoms with Crippen LogP contribution in [0.25, 0.3) is 0 Å². The van der Waals surface area contributed by atoms with Gasteiger partial charge in [-0.1, -0.05) is 0 Å². The predicted octanol–water partition coefficient (Wildman–Crippen LogP) is -4.67. The summed E-state index contributed by atoms with van der Waals surface area (Å²) < 4.78 is 0. The molecule has 13 nitrogen and oxygen atoms in total. The van der Waals surface area contributed by atoms with Crippen LogP contribution in [0, 0.1) is 0 Å². The molecule has 3 amide bonds. The van der Waals surface area contributed by atoms with Gasteiger partial charge < -0.3 is 42.1 Å². The fourth-order valence-corrected chi connectivity index (χ4v) is 1.66. The number of carboxylic acid groups (broad SMARTS) is 2. The highest BCUT2D eigenvalue weighted by molar-refractivity contribution is 5.93. The molecule has 0 aliphatic rings. The number of aliphatic hydroxyl groups is 2. The molecule has 0 saturated heterocycles. The number of carboxylic acids is 2. The van der Waals surface area contributed by atoms with Crippen molar-refractivity contribution in [2.45, 2.75) is 37.6 Å². The lowest BCUT2D eigenvalue weighted by atomic mass is 10.2. The van der Waals surface area contributed by atoms with Crippen LogP contribution in [-0.2, 0) is 24.0 Å². The molecule has 0 aromatic rings. The fraction of sp³-hybridized carbons (Fsp3) is 0.615. The third kappa shape index (κ3) is 8.36. The van der Waals surface area contributed by atoms with Gasteiger partial charge in [-0.15, -0.1) is 0 Å². The first-order chi connectivity index (χ1) is 12.0. The van der Waals surface area contributed by atoms with Gasteiger partial charge in [0.05, 0.1) is 31.7 Å². The van der Waals surface area contributed by atoms with Crippen molar-refractivity contribution in [1.82, 2.24) is 16.0 Å². The van der Waals surface area contributed by atoms with Gasteiger partial charge in [-0.3, -0.25) is 19.2 Å². The van der Waals surface area contributed by atoms with Gasteiger partial charge in [0, 0.05) is 0 Å². The number of aliphatic hydroxyl groups excluding tert-OH is 2. The van der Waals surface area contributed by atoms with Crippen molar-refractivity contribution in [3.05, 3.63) is 0 Å². The fourth-order valence-electron chi connectivity index (χ4n) is 1.66. The summed E-state index contributed by atoms with van der Waals surface area (Å²) in [5.74, 6) is -5.72. The Balaban J connectivity index is 4.58. The SMILES string of the molecule is CC(O)C(NC(=O)CNC(=O)C(CO)NC(=O)C(N)CC(=O)O)C(=O)O. The third-order valence-corrected chi connectivity index (χ3v) is 3.03. The number of carbonyl (C=O) groups is 5. The lowest BCUT2D eigenvalue weighted by Gasteiger charge is -2.19. The minimum Gasteiger partial charge on any atom is -0.481 e. The van der Waals surface area contributed by atoms with E-state index in [9.17, 15) is 29.1 Å². The topological polar surface area (TPSA) is 228 Å². The van der Waals surface area contributed by atoms with E-state index in [0.717, 1.165) is 6.92 Å². The highest BCUT2D eigenvalue weighted by Crippen LogP contribution is 1.94. The summed E-state index contributed by atoms with van der Waals surface area (Å²) in [6, 6.07) is -4.52. The Morgan fingerprint density at radius 3 is 2.04 bits per heavy atom. The average molecular weight is 378 g/mol. The molecule has 13 heteroatoms. The first-order valence-corrected chi connectivity index (χ1v) is 7.36. The molecule has 4 unspecified atom stereocenters. The van der Waals surface area contributed by atoms with Crippen LogP contribution in [0.1, 0.15) is 13.3 Å². The van der Waals surface area contributed by atoms with E-state index in [2.05, 4.69) is 0 Å². The Kier molecular flexibility index (Phi) is 9.80. The molecule has 0 aliphatic carbocycles. The van der Waals surface area contributed by atoms with Gasteiger partial charge >= 0.3 is 11.9 Å². The van der Waals surface area contributed by atoms with Crippen molar-refractivity contribution >= 4 is 29.7 Å². The highest BCUT2D eigenvalue weighted by atomic mass is 16.4. The first kappa shape index (κ1) is 23.2. The molecular weight excluding hydrogens is 356 g/mol. The Morgan fingerprint density at radius 2 is 1.62 bits per heavy atom. The van der Waals surface area contributed by atoms with E-state index in [1.165, 1.54) is 0 Å². The molecule has 0 rings (SSSR count). The van der Waals surface area contributed by atoms with Crippen molar-refractivity contribution in [1.29, 1.82) is 0 Å². The molecule has 0 aliphatic heterocycles. The van der Waals surface area contributed by atoms with Crippen LogP contribution >= 0.6 is 0 Å². The van der Waals surface area contributed by atoms with Gasteiger partial charge in [0.15, 0.2) is 6.04 Å². The molecule has 148 valence electrons. The summed E-state index contributed by atoms with van der Waals surface area (Å²) in [6.07, 6.45) is -2.07. The summed E-state index contributed by atoms with van der Waals surface area (Å²) in [4.78, 5) is 56.3. The Bertz CT molecular complexity index is 552. The molecular formula is C13H22N4O9. The zero-order valence-electron chi connectivity index (χ0n) is 13.8. The molecule has 0 heterocycles. The van der Waals surface area contributed by atoms with Crippen molar-refractivity contribution in [2.24, 2.45) is 5.73 Å². The smallest absolute Gasteiger partial charge is 0.328 e. The first-order valence-electron chi connectivity index (χ1n) is 7.36. The molecule has 26 heavy (non-hydrogen) atoms. The lowest BCUT2D eigenvalue weighted by Crippen LogP contribution is -2.55. The van der Waals surface area contributed by atoms with Crippen molar-refractivity contribution in [3.8, 4) is 0 Å². The average Bonchev–Trinajstić information content (AvgIpc) is 2.53. The zero-order chi connectivity index (χ0) is 20.4. The minimum atomic E-state index is -1.58. The van der Waals surface area contributed by atoms with E-state index in [1.54, 1.807) is 0 Å². The molecule has 0 aromatic carbocycles. The number of hydrogen-bond donors (Lipinski definition) is 8. The number of rotatable bonds is 11. The summed E-state index contributed by atoms with van der Waals surface area (Å²) in [5, 5.41) is 41.7. The maximum absolute atomic E-state index is 11.8. The van der Waals surface area contributed by atoms with Crippen molar-refractivity contribution in [2.75, 3.05) is 13.2 Å². The molecule has 0 bridgehead atoms. The normalized spacial score (nSPS) is 15.1. The number of aliphatic carboxylic acids is 2. The lowest BCUT2D eigenvalue weighted by molar-refractivity contribution is -0.144. The maximum atomic E-state index is 11.8. The summed E-state index contributed by atoms with van der Waals surface area (Å²) >= 11 is 0. The third-order valence-electron chi connectivity index (χ3n) is 3.03. The number of nitrogens with two attached hydrogens (primary N) is 1. The van der Waals surface area contributed by atoms with Gasteiger partial charge in [-0.05, 0) is 6.92 Å². The van der Waals surface area contributed by atoms with Crippen LogP contribution in [0.4, 0.5) is 0 Å². The summed E-state index contributed by atoms with van der Waals surface area (Å²) in [6.45, 7) is -0.400. The number of amides is 3. The monoisotopic (exact) mass is 378 g/mol. The van der Waals surface area contributed by atoms with E-state index in [0.29, 0.717) is 0 Å². The second-order valence-electron chi connectivity index (χ2n) is 5.29. The van der Waals surface area contributed by atoms with E-state index >= 15 is 0 Å². The van der Waals surface area contributed by atoms with Gasteiger partial charge in [-0.2, -0.15) is 0 Å². The molecule has 0 aromatic heterocycles. The quantitative estimate of drug-likeness (QED) is 0.171. The predicted molar refractivity (Wildman–Crippen MR) is 83.5 cm³/mol. The van der Waals surface area contributed by atoms with Crippen molar-refractivity contribution in [3.63, 3.8) is 0 Å². The van der Waals surface area contributed by atoms with E-state index in [1.807, 2.05) is 16.0 Å². The minimum absolute atomic E-state index is 0.691. The van der Waals surface area contributed by atoms with Gasteiger partial charge in [-0.25, -0.2) is 4.79 Å². The highest BCUT2D eigenvalue weighted by Gasteiger charge is 2.27. The largest absolute Gasteiger partial charge is 0.481 e. The second kappa shape index (κ2) is 11.0. The van der Waals surface area contributed by atoms with Crippen LogP contribution < -0.4 is 21.7 Å². The summed E-state index contributed by atoms with van der Waals surface area (Å²) in [5.41, 5.74) is 5.31. The number of carbonyl (C=O) groups excluding carboxylic acids is 3. The second-order valence-corrected chi connectivity index (χ2v) is 5.29. The van der Waals surface area contributed by atoms with Crippen LogP contribution in [-0.4, -0.2) is 87.5 Å². The van der Waals surface area contributed by atoms with E-state index < -0.39 is 73.5 Å².